The molecule has 3 N–H and O–H groups in total. The van der Waals surface area contributed by atoms with Gasteiger partial charge in [-0.2, -0.15) is 5.10 Å². The second-order valence-electron chi connectivity index (χ2n) is 7.81. The summed E-state index contributed by atoms with van der Waals surface area (Å²) in [6.07, 6.45) is 10.4. The number of fused-ring (bicyclic) bond motifs is 1. The average Bonchev–Trinajstić information content (AvgIpc) is 3.53. The predicted molar refractivity (Wildman–Crippen MR) is 121 cm³/mol. The molecule has 0 radical (unpaired) electrons. The van der Waals surface area contributed by atoms with Crippen LogP contribution in [-0.4, -0.2) is 34.3 Å². The average molecular weight is 427 g/mol. The summed E-state index contributed by atoms with van der Waals surface area (Å²) in [6.45, 7) is 1.92. The summed E-state index contributed by atoms with van der Waals surface area (Å²) in [4.78, 5) is 31.0. The van der Waals surface area contributed by atoms with E-state index in [-0.39, 0.29) is 23.5 Å². The molecule has 4 aromatic rings. The Balaban J connectivity index is 1.62. The summed E-state index contributed by atoms with van der Waals surface area (Å²) in [7, 11) is 1.77. The van der Waals surface area contributed by atoms with Crippen molar-refractivity contribution in [3.05, 3.63) is 52.6 Å². The van der Waals surface area contributed by atoms with Crippen LogP contribution in [0.4, 0.5) is 11.6 Å². The maximum atomic E-state index is 13.4. The van der Waals surface area contributed by atoms with Crippen molar-refractivity contribution in [2.24, 2.45) is 7.05 Å². The van der Waals surface area contributed by atoms with Gasteiger partial charge in [-0.1, -0.05) is 12.0 Å². The van der Waals surface area contributed by atoms with Crippen LogP contribution in [0.5, 0.6) is 0 Å². The van der Waals surface area contributed by atoms with E-state index in [1.165, 1.54) is 6.33 Å². The Morgan fingerprint density at radius 3 is 2.78 bits per heavy atom. The Labute approximate surface area is 183 Å². The van der Waals surface area contributed by atoms with Crippen molar-refractivity contribution in [3.63, 3.8) is 0 Å². The molecule has 0 bridgehead atoms. The molecule has 0 spiro atoms. The third kappa shape index (κ3) is 3.24. The van der Waals surface area contributed by atoms with Crippen LogP contribution in [0.1, 0.15) is 43.2 Å². The summed E-state index contributed by atoms with van der Waals surface area (Å²) in [5.41, 5.74) is 7.62. The van der Waals surface area contributed by atoms with E-state index in [9.17, 15) is 4.79 Å². The highest BCUT2D eigenvalue weighted by Crippen LogP contribution is 2.37. The van der Waals surface area contributed by atoms with Crippen molar-refractivity contribution in [1.82, 2.24) is 34.3 Å². The molecule has 1 unspecified atom stereocenters. The number of nitrogens with one attached hydrogen (secondary N) is 1. The molecule has 1 saturated carbocycles. The minimum Gasteiger partial charge on any atom is -0.383 e. The fraction of sp³-hybridized carbons (Fsp3) is 0.273. The third-order valence-electron chi connectivity index (χ3n) is 5.46. The Bertz CT molecular complexity index is 1440. The highest BCUT2D eigenvalue weighted by Gasteiger charge is 2.31. The number of nitrogens with two attached hydrogens (primary N) is 1. The minimum absolute atomic E-state index is 0.108. The molecule has 1 fully saturated rings. The Kier molecular flexibility index (Phi) is 4.59. The zero-order chi connectivity index (χ0) is 22.4. The van der Waals surface area contributed by atoms with Crippen molar-refractivity contribution in [2.45, 2.75) is 31.8 Å². The van der Waals surface area contributed by atoms with Gasteiger partial charge >= 0.3 is 0 Å². The van der Waals surface area contributed by atoms with Gasteiger partial charge in [-0.25, -0.2) is 19.9 Å². The van der Waals surface area contributed by atoms with Crippen molar-refractivity contribution >= 4 is 22.5 Å². The lowest BCUT2D eigenvalue weighted by atomic mass is 10.1. The second-order valence-corrected chi connectivity index (χ2v) is 7.81. The number of aryl methyl sites for hydroxylation is 1. The van der Waals surface area contributed by atoms with E-state index in [0.717, 1.165) is 12.8 Å². The fourth-order valence-corrected chi connectivity index (χ4v) is 3.82. The van der Waals surface area contributed by atoms with E-state index in [0.29, 0.717) is 39.5 Å². The van der Waals surface area contributed by atoms with Gasteiger partial charge in [-0.3, -0.25) is 14.0 Å². The van der Waals surface area contributed by atoms with Gasteiger partial charge in [0.1, 0.15) is 35.7 Å². The molecule has 3 aromatic heterocycles. The molecule has 1 aliphatic rings. The number of hydrogen-bond acceptors (Lipinski definition) is 8. The molecule has 32 heavy (non-hydrogen) atoms. The van der Waals surface area contributed by atoms with Gasteiger partial charge in [-0.05, 0) is 31.9 Å². The first kappa shape index (κ1) is 19.7. The number of anilines is 2. The summed E-state index contributed by atoms with van der Waals surface area (Å²) in [6, 6.07) is 5.12. The highest BCUT2D eigenvalue weighted by molar-refractivity contribution is 5.84. The van der Waals surface area contributed by atoms with Crippen molar-refractivity contribution in [2.75, 3.05) is 11.1 Å². The third-order valence-corrected chi connectivity index (χ3v) is 5.46. The van der Waals surface area contributed by atoms with Crippen LogP contribution in [0.25, 0.3) is 22.3 Å². The Hall–Kier alpha value is -4.26. The number of hydrogen-bond donors (Lipinski definition) is 2. The molecule has 10 heteroatoms. The zero-order valence-corrected chi connectivity index (χ0v) is 17.6. The number of terminal acetylenes is 1. The maximum Gasteiger partial charge on any atom is 0.262 e. The van der Waals surface area contributed by atoms with Crippen LogP contribution in [0.3, 0.4) is 0 Å². The van der Waals surface area contributed by atoms with Gasteiger partial charge in [0.05, 0.1) is 16.9 Å². The first-order chi connectivity index (χ1) is 15.5. The van der Waals surface area contributed by atoms with Gasteiger partial charge in [0.2, 0.25) is 0 Å². The summed E-state index contributed by atoms with van der Waals surface area (Å²) < 4.78 is 3.33. The first-order valence-electron chi connectivity index (χ1n) is 10.2. The van der Waals surface area contributed by atoms with Crippen molar-refractivity contribution < 1.29 is 0 Å². The van der Waals surface area contributed by atoms with Crippen molar-refractivity contribution in [3.8, 4) is 23.7 Å². The SMILES string of the molecule is C#Cc1cccc2nc(C(C)Nc3ncnc(N)c3-c3ncn(C)n3)n(C3CC3)c(=O)c12. The van der Waals surface area contributed by atoms with E-state index >= 15 is 0 Å². The molecule has 1 aliphatic carbocycles. The molecule has 0 aliphatic heterocycles. The lowest BCUT2D eigenvalue weighted by molar-refractivity contribution is 0.609. The topological polar surface area (TPSA) is 129 Å². The van der Waals surface area contributed by atoms with Gasteiger partial charge < -0.3 is 11.1 Å². The number of benzene rings is 1. The number of nitrogens with zero attached hydrogens (tertiary/aromatic N) is 7. The first-order valence-corrected chi connectivity index (χ1v) is 10.2. The molecular weight excluding hydrogens is 406 g/mol. The van der Waals surface area contributed by atoms with Crippen LogP contribution in [0.2, 0.25) is 0 Å². The van der Waals surface area contributed by atoms with Crippen LogP contribution < -0.4 is 16.6 Å². The van der Waals surface area contributed by atoms with Crippen LogP contribution in [-0.2, 0) is 7.05 Å². The van der Waals surface area contributed by atoms with Gasteiger partial charge in [-0.15, -0.1) is 6.42 Å². The standard InChI is InChI=1S/C22H21N9O/c1-4-13-6-5-7-15-16(13)22(32)31(14-8-9-14)21(28-15)12(2)27-19-17(18(23)24-10-25-19)20-26-11-30(3)29-20/h1,5-7,10-12,14H,8-9H2,2-3H3,(H3,23,24,25,27). The second kappa shape index (κ2) is 7.46. The largest absolute Gasteiger partial charge is 0.383 e. The van der Waals surface area contributed by atoms with E-state index in [2.05, 4.69) is 31.3 Å². The van der Waals surface area contributed by atoms with E-state index in [4.69, 9.17) is 17.1 Å². The number of nitrogen functional groups attached to an aromatic ring is 1. The van der Waals surface area contributed by atoms with Gasteiger partial charge in [0.15, 0.2) is 5.82 Å². The molecule has 0 amide bonds. The van der Waals surface area contributed by atoms with E-state index < -0.39 is 0 Å². The molecule has 160 valence electrons. The zero-order valence-electron chi connectivity index (χ0n) is 17.6. The van der Waals surface area contributed by atoms with E-state index in [1.807, 2.05) is 13.0 Å². The molecule has 1 aromatic carbocycles. The molecule has 0 saturated heterocycles. The lowest BCUT2D eigenvalue weighted by Crippen LogP contribution is -2.28. The molecule has 5 rings (SSSR count). The predicted octanol–water partition coefficient (Wildman–Crippen LogP) is 2.05. The Morgan fingerprint density at radius 1 is 1.28 bits per heavy atom. The van der Waals surface area contributed by atoms with E-state index in [1.54, 1.807) is 34.8 Å². The lowest BCUT2D eigenvalue weighted by Gasteiger charge is -2.21. The normalized spacial score (nSPS) is 14.3. The summed E-state index contributed by atoms with van der Waals surface area (Å²) in [5.74, 6) is 4.34. The molecular formula is C22H21N9O. The monoisotopic (exact) mass is 427 g/mol. The van der Waals surface area contributed by atoms with Crippen molar-refractivity contribution in [1.29, 1.82) is 0 Å². The van der Waals surface area contributed by atoms with Crippen LogP contribution in [0, 0.1) is 12.3 Å². The summed E-state index contributed by atoms with van der Waals surface area (Å²) >= 11 is 0. The Morgan fingerprint density at radius 2 is 2.09 bits per heavy atom. The molecule has 1 atom stereocenters. The molecule has 3 heterocycles. The number of rotatable bonds is 5. The van der Waals surface area contributed by atoms with Gasteiger partial charge in [0.25, 0.3) is 5.56 Å². The van der Waals surface area contributed by atoms with Crippen LogP contribution in [0.15, 0.2) is 35.6 Å². The highest BCUT2D eigenvalue weighted by atomic mass is 16.1. The summed E-state index contributed by atoms with van der Waals surface area (Å²) in [5, 5.41) is 8.14. The molecule has 10 nitrogen and oxygen atoms in total. The quantitative estimate of drug-likeness (QED) is 0.463. The fourth-order valence-electron chi connectivity index (χ4n) is 3.82. The number of aromatic nitrogens is 7. The maximum absolute atomic E-state index is 13.4. The smallest absolute Gasteiger partial charge is 0.262 e. The van der Waals surface area contributed by atoms with Gasteiger partial charge in [0, 0.05) is 18.7 Å². The minimum atomic E-state index is -0.362. The van der Waals surface area contributed by atoms with Crippen LogP contribution >= 0.6 is 0 Å².